The van der Waals surface area contributed by atoms with Gasteiger partial charge in [-0.15, -0.1) is 0 Å². The normalized spacial score (nSPS) is 10.6. The third kappa shape index (κ3) is 3.52. The molecule has 7 heteroatoms. The van der Waals surface area contributed by atoms with E-state index in [4.69, 9.17) is 4.52 Å². The number of rotatable bonds is 5. The molecule has 4 rings (SSSR count). The number of carbonyl (C=O) groups excluding carboxylic acids is 1. The summed E-state index contributed by atoms with van der Waals surface area (Å²) in [5.74, 6) is 0.328. The largest absolute Gasteiger partial charge is 0.342 e. The maximum absolute atomic E-state index is 12.3. The van der Waals surface area contributed by atoms with E-state index in [1.807, 2.05) is 60.7 Å². The quantitative estimate of drug-likeness (QED) is 0.579. The molecule has 4 aromatic rings. The van der Waals surface area contributed by atoms with E-state index in [0.29, 0.717) is 23.1 Å². The molecule has 0 aliphatic heterocycles. The molecule has 1 N–H and O–H groups in total. The van der Waals surface area contributed by atoms with E-state index in [1.165, 1.54) is 17.7 Å². The monoisotopic (exact) mass is 362 g/mol. The molecular formula is C19H14N4O2S. The van der Waals surface area contributed by atoms with Gasteiger partial charge in [-0.25, -0.2) is 4.98 Å². The van der Waals surface area contributed by atoms with E-state index in [9.17, 15) is 4.79 Å². The first-order valence-electron chi connectivity index (χ1n) is 7.96. The Hall–Kier alpha value is -3.32. The lowest BCUT2D eigenvalue weighted by molar-refractivity contribution is -0.115. The fourth-order valence-corrected chi connectivity index (χ4v) is 3.47. The summed E-state index contributed by atoms with van der Waals surface area (Å²) in [6, 6.07) is 19.3. The van der Waals surface area contributed by atoms with Crippen molar-refractivity contribution in [2.75, 3.05) is 5.32 Å². The number of amides is 1. The molecule has 2 aromatic heterocycles. The zero-order valence-corrected chi connectivity index (χ0v) is 14.4. The van der Waals surface area contributed by atoms with E-state index >= 15 is 0 Å². The molecule has 0 atom stereocenters. The fraction of sp³-hybridized carbons (Fsp3) is 0.0526. The minimum absolute atomic E-state index is 0.121. The lowest BCUT2D eigenvalue weighted by Gasteiger charge is -2.01. The summed E-state index contributed by atoms with van der Waals surface area (Å²) in [5.41, 5.74) is 2.59. The second kappa shape index (κ2) is 7.28. The minimum atomic E-state index is -0.121. The van der Waals surface area contributed by atoms with Crippen molar-refractivity contribution in [1.29, 1.82) is 0 Å². The average Bonchev–Trinajstić information content (AvgIpc) is 3.33. The summed E-state index contributed by atoms with van der Waals surface area (Å²) in [5, 5.41) is 7.27. The van der Waals surface area contributed by atoms with Crippen molar-refractivity contribution in [1.82, 2.24) is 15.1 Å². The van der Waals surface area contributed by atoms with Gasteiger partial charge in [0.1, 0.15) is 4.88 Å². The Kier molecular flexibility index (Phi) is 4.53. The summed E-state index contributed by atoms with van der Waals surface area (Å²) in [7, 11) is 0. The molecule has 1 amide bonds. The SMILES string of the molecule is O=C(Cc1ccccc1)Nc1nc(-c2ccccc2)c(-c2ncon2)s1. The molecule has 0 saturated heterocycles. The van der Waals surface area contributed by atoms with Gasteiger partial charge >= 0.3 is 0 Å². The molecule has 128 valence electrons. The van der Waals surface area contributed by atoms with E-state index in [2.05, 4.69) is 20.4 Å². The predicted octanol–water partition coefficient (Wildman–Crippen LogP) is 4.04. The van der Waals surface area contributed by atoms with Crippen molar-refractivity contribution in [2.45, 2.75) is 6.42 Å². The van der Waals surface area contributed by atoms with Gasteiger partial charge in [-0.3, -0.25) is 4.79 Å². The number of hydrogen-bond acceptors (Lipinski definition) is 6. The van der Waals surface area contributed by atoms with Gasteiger partial charge in [-0.1, -0.05) is 77.2 Å². The van der Waals surface area contributed by atoms with Gasteiger partial charge in [-0.05, 0) is 5.56 Å². The van der Waals surface area contributed by atoms with Gasteiger partial charge in [0.2, 0.25) is 18.1 Å². The third-order valence-electron chi connectivity index (χ3n) is 3.69. The summed E-state index contributed by atoms with van der Waals surface area (Å²) < 4.78 is 4.86. The van der Waals surface area contributed by atoms with Crippen molar-refractivity contribution in [3.8, 4) is 22.0 Å². The van der Waals surface area contributed by atoms with Gasteiger partial charge in [0.05, 0.1) is 12.1 Å². The number of anilines is 1. The van der Waals surface area contributed by atoms with E-state index in [1.54, 1.807) is 0 Å². The van der Waals surface area contributed by atoms with Crippen molar-refractivity contribution in [3.63, 3.8) is 0 Å². The second-order valence-corrected chi connectivity index (χ2v) is 6.53. The van der Waals surface area contributed by atoms with Crippen molar-refractivity contribution in [2.24, 2.45) is 0 Å². The number of benzene rings is 2. The van der Waals surface area contributed by atoms with Crippen LogP contribution in [0.25, 0.3) is 22.0 Å². The van der Waals surface area contributed by atoms with Crippen LogP contribution in [0, 0.1) is 0 Å². The minimum Gasteiger partial charge on any atom is -0.342 e. The van der Waals surface area contributed by atoms with Crippen LogP contribution in [0.4, 0.5) is 5.13 Å². The van der Waals surface area contributed by atoms with Crippen LogP contribution < -0.4 is 5.32 Å². The lowest BCUT2D eigenvalue weighted by atomic mass is 10.1. The Morgan fingerprint density at radius 1 is 1.04 bits per heavy atom. The Labute approximate surface area is 153 Å². The molecule has 0 spiro atoms. The number of hydrogen-bond donors (Lipinski definition) is 1. The molecule has 26 heavy (non-hydrogen) atoms. The second-order valence-electron chi connectivity index (χ2n) is 5.53. The standard InChI is InChI=1S/C19H14N4O2S/c24-15(11-13-7-3-1-4-8-13)21-19-22-16(14-9-5-2-6-10-14)17(26-19)18-20-12-25-23-18/h1-10,12H,11H2,(H,21,22,24). The molecule has 0 unspecified atom stereocenters. The van der Waals surface area contributed by atoms with Crippen molar-refractivity contribution >= 4 is 22.4 Å². The van der Waals surface area contributed by atoms with Gasteiger partial charge in [0.25, 0.3) is 0 Å². The van der Waals surface area contributed by atoms with Crippen molar-refractivity contribution < 1.29 is 9.32 Å². The van der Waals surface area contributed by atoms with Gasteiger partial charge in [0, 0.05) is 5.56 Å². The van der Waals surface area contributed by atoms with Crippen LogP contribution in [0.3, 0.4) is 0 Å². The van der Waals surface area contributed by atoms with Crippen LogP contribution in [0.2, 0.25) is 0 Å². The van der Waals surface area contributed by atoms with Crippen LogP contribution in [0.15, 0.2) is 71.6 Å². The number of thiazole rings is 1. The Bertz CT molecular complexity index is 999. The van der Waals surface area contributed by atoms with Crippen LogP contribution in [-0.4, -0.2) is 21.0 Å². The number of carbonyl (C=O) groups is 1. The summed E-state index contributed by atoms with van der Waals surface area (Å²) in [6.07, 6.45) is 1.57. The summed E-state index contributed by atoms with van der Waals surface area (Å²) in [6.45, 7) is 0. The number of nitrogens with zero attached hydrogens (tertiary/aromatic N) is 3. The van der Waals surface area contributed by atoms with Crippen LogP contribution in [-0.2, 0) is 11.2 Å². The lowest BCUT2D eigenvalue weighted by Crippen LogP contribution is -2.14. The summed E-state index contributed by atoms with van der Waals surface area (Å²) >= 11 is 1.32. The molecule has 2 heterocycles. The first-order valence-corrected chi connectivity index (χ1v) is 8.78. The molecule has 0 saturated carbocycles. The fourth-order valence-electron chi connectivity index (χ4n) is 2.53. The molecule has 0 aliphatic rings. The first-order chi connectivity index (χ1) is 12.8. The Morgan fingerprint density at radius 2 is 1.77 bits per heavy atom. The first kappa shape index (κ1) is 16.2. The number of nitrogens with one attached hydrogen (secondary N) is 1. The van der Waals surface area contributed by atoms with Gasteiger partial charge < -0.3 is 9.84 Å². The van der Waals surface area contributed by atoms with E-state index in [-0.39, 0.29) is 5.91 Å². The topological polar surface area (TPSA) is 80.9 Å². The smallest absolute Gasteiger partial charge is 0.230 e. The van der Waals surface area contributed by atoms with E-state index < -0.39 is 0 Å². The predicted molar refractivity (Wildman–Crippen MR) is 99.6 cm³/mol. The molecule has 0 aliphatic carbocycles. The summed E-state index contributed by atoms with van der Waals surface area (Å²) in [4.78, 5) is 21.8. The Balaban J connectivity index is 1.62. The van der Waals surface area contributed by atoms with Gasteiger partial charge in [-0.2, -0.15) is 4.98 Å². The molecule has 6 nitrogen and oxygen atoms in total. The highest BCUT2D eigenvalue weighted by molar-refractivity contribution is 7.19. The van der Waals surface area contributed by atoms with Crippen LogP contribution >= 0.6 is 11.3 Å². The molecule has 0 radical (unpaired) electrons. The molecule has 2 aromatic carbocycles. The third-order valence-corrected chi connectivity index (χ3v) is 4.66. The van der Waals surface area contributed by atoms with Gasteiger partial charge in [0.15, 0.2) is 5.13 Å². The molecular weight excluding hydrogens is 348 g/mol. The zero-order valence-electron chi connectivity index (χ0n) is 13.6. The highest BCUT2D eigenvalue weighted by atomic mass is 32.1. The van der Waals surface area contributed by atoms with Crippen LogP contribution in [0.5, 0.6) is 0 Å². The van der Waals surface area contributed by atoms with Crippen LogP contribution in [0.1, 0.15) is 5.56 Å². The highest BCUT2D eigenvalue weighted by Gasteiger charge is 2.19. The maximum atomic E-state index is 12.3. The number of aromatic nitrogens is 3. The molecule has 0 bridgehead atoms. The average molecular weight is 362 g/mol. The molecule has 0 fully saturated rings. The zero-order chi connectivity index (χ0) is 17.8. The maximum Gasteiger partial charge on any atom is 0.230 e. The van der Waals surface area contributed by atoms with E-state index in [0.717, 1.165) is 16.0 Å². The highest BCUT2D eigenvalue weighted by Crippen LogP contribution is 2.37. The van der Waals surface area contributed by atoms with Crippen molar-refractivity contribution in [3.05, 3.63) is 72.6 Å². The Morgan fingerprint density at radius 3 is 2.46 bits per heavy atom.